The quantitative estimate of drug-likeness (QED) is 0.158. The first-order valence-electron chi connectivity index (χ1n) is 17.8. The lowest BCUT2D eigenvalue weighted by atomic mass is 9.91. The van der Waals surface area contributed by atoms with E-state index in [1.807, 2.05) is 22.7 Å². The largest absolute Gasteiger partial charge is 0.135 e. The van der Waals surface area contributed by atoms with Crippen molar-refractivity contribution in [1.29, 1.82) is 0 Å². The van der Waals surface area contributed by atoms with Gasteiger partial charge in [-0.05, 0) is 131 Å². The molecule has 0 bridgehead atoms. The summed E-state index contributed by atoms with van der Waals surface area (Å²) in [6, 6.07) is 63.8. The summed E-state index contributed by atoms with van der Waals surface area (Å²) < 4.78 is 5.34. The van der Waals surface area contributed by atoms with Crippen LogP contribution in [0.3, 0.4) is 0 Å². The number of hydrogen-bond donors (Lipinski definition) is 0. The molecule has 0 aliphatic carbocycles. The topological polar surface area (TPSA) is 0 Å². The summed E-state index contributed by atoms with van der Waals surface area (Å²) in [5.41, 5.74) is 5.05. The molecule has 0 amide bonds. The molecule has 0 radical (unpaired) electrons. The lowest BCUT2D eigenvalue weighted by Gasteiger charge is -2.13. The molecule has 240 valence electrons. The number of benzene rings is 10. The van der Waals surface area contributed by atoms with E-state index in [9.17, 15) is 0 Å². The highest BCUT2D eigenvalue weighted by Crippen LogP contribution is 2.45. The molecule has 0 unspecified atom stereocenters. The molecule has 12 rings (SSSR count). The first-order valence-corrected chi connectivity index (χ1v) is 19.4. The van der Waals surface area contributed by atoms with E-state index in [0.717, 1.165) is 0 Å². The average molecular weight is 693 g/mol. The van der Waals surface area contributed by atoms with E-state index < -0.39 is 0 Å². The van der Waals surface area contributed by atoms with Crippen molar-refractivity contribution in [2.75, 3.05) is 0 Å². The van der Waals surface area contributed by atoms with Gasteiger partial charge in [0, 0.05) is 40.3 Å². The molecule has 0 saturated heterocycles. The van der Waals surface area contributed by atoms with Gasteiger partial charge in [-0.1, -0.05) is 115 Å². The molecule has 0 saturated carbocycles. The molecule has 0 fully saturated rings. The Morgan fingerprint density at radius 2 is 0.712 bits per heavy atom. The van der Waals surface area contributed by atoms with Crippen molar-refractivity contribution < 1.29 is 0 Å². The summed E-state index contributed by atoms with van der Waals surface area (Å²) >= 11 is 3.79. The Morgan fingerprint density at radius 1 is 0.231 bits per heavy atom. The second kappa shape index (κ2) is 10.7. The maximum Gasteiger partial charge on any atom is 0.0362 e. The van der Waals surface area contributed by atoms with Crippen LogP contribution in [0.25, 0.3) is 116 Å². The Bertz CT molecular complexity index is 3460. The first kappa shape index (κ1) is 28.6. The molecular formula is C50H28S2. The van der Waals surface area contributed by atoms with E-state index in [4.69, 9.17) is 0 Å². The molecule has 12 aromatic rings. The maximum atomic E-state index is 2.45. The van der Waals surface area contributed by atoms with Gasteiger partial charge in [0.05, 0.1) is 0 Å². The van der Waals surface area contributed by atoms with Crippen LogP contribution < -0.4 is 0 Å². The van der Waals surface area contributed by atoms with Gasteiger partial charge >= 0.3 is 0 Å². The van der Waals surface area contributed by atoms with Crippen molar-refractivity contribution in [2.24, 2.45) is 0 Å². The van der Waals surface area contributed by atoms with Gasteiger partial charge < -0.3 is 0 Å². The summed E-state index contributed by atoms with van der Waals surface area (Å²) in [6.07, 6.45) is 0. The summed E-state index contributed by atoms with van der Waals surface area (Å²) in [5, 5.41) is 18.4. The van der Waals surface area contributed by atoms with Crippen molar-refractivity contribution in [2.45, 2.75) is 0 Å². The molecule has 0 aliphatic rings. The van der Waals surface area contributed by atoms with E-state index in [2.05, 4.69) is 170 Å². The first-order chi connectivity index (χ1) is 25.7. The number of hydrogen-bond acceptors (Lipinski definition) is 2. The lowest BCUT2D eigenvalue weighted by molar-refractivity contribution is 1.69. The van der Waals surface area contributed by atoms with E-state index >= 15 is 0 Å². The molecular weight excluding hydrogens is 665 g/mol. The third-order valence-corrected chi connectivity index (χ3v) is 13.5. The summed E-state index contributed by atoms with van der Waals surface area (Å²) in [6.45, 7) is 0. The predicted octanol–water partition coefficient (Wildman–Crippen LogP) is 15.5. The fraction of sp³-hybridized carbons (Fsp3) is 0. The van der Waals surface area contributed by atoms with Gasteiger partial charge in [-0.15, -0.1) is 22.7 Å². The van der Waals surface area contributed by atoms with Crippen LogP contribution in [0.4, 0.5) is 0 Å². The minimum Gasteiger partial charge on any atom is -0.135 e. The predicted molar refractivity (Wildman–Crippen MR) is 231 cm³/mol. The summed E-state index contributed by atoms with van der Waals surface area (Å²) in [7, 11) is 0. The van der Waals surface area contributed by atoms with Gasteiger partial charge in [-0.3, -0.25) is 0 Å². The zero-order valence-electron chi connectivity index (χ0n) is 28.0. The third kappa shape index (κ3) is 4.14. The molecule has 2 heterocycles. The van der Waals surface area contributed by atoms with E-state index in [1.165, 1.54) is 116 Å². The van der Waals surface area contributed by atoms with Crippen molar-refractivity contribution >= 4 is 117 Å². The second-order valence-electron chi connectivity index (χ2n) is 14.0. The van der Waals surface area contributed by atoms with Crippen LogP contribution in [0, 0.1) is 0 Å². The zero-order chi connectivity index (χ0) is 33.9. The van der Waals surface area contributed by atoms with Crippen molar-refractivity contribution in [3.63, 3.8) is 0 Å². The average Bonchev–Trinajstić information content (AvgIpc) is 3.75. The normalized spacial score (nSPS) is 12.2. The lowest BCUT2D eigenvalue weighted by Crippen LogP contribution is -1.85. The third-order valence-electron chi connectivity index (χ3n) is 11.2. The Labute approximate surface area is 307 Å². The fourth-order valence-electron chi connectivity index (χ4n) is 8.69. The van der Waals surface area contributed by atoms with Crippen molar-refractivity contribution in [1.82, 2.24) is 0 Å². The van der Waals surface area contributed by atoms with Gasteiger partial charge in [0.1, 0.15) is 0 Å². The number of thiophene rings is 2. The van der Waals surface area contributed by atoms with E-state index in [-0.39, 0.29) is 0 Å². The molecule has 52 heavy (non-hydrogen) atoms. The highest BCUT2D eigenvalue weighted by molar-refractivity contribution is 7.26. The van der Waals surface area contributed by atoms with Crippen LogP contribution in [-0.4, -0.2) is 0 Å². The molecule has 0 atom stereocenters. The summed E-state index contributed by atoms with van der Waals surface area (Å²) in [5.74, 6) is 0. The smallest absolute Gasteiger partial charge is 0.0362 e. The Kier molecular flexibility index (Phi) is 5.90. The number of fused-ring (bicyclic) bond motifs is 14. The summed E-state index contributed by atoms with van der Waals surface area (Å²) in [4.78, 5) is 0. The fourth-order valence-corrected chi connectivity index (χ4v) is 10.9. The monoisotopic (exact) mass is 692 g/mol. The highest BCUT2D eigenvalue weighted by atomic mass is 32.1. The zero-order valence-corrected chi connectivity index (χ0v) is 29.6. The Morgan fingerprint density at radius 3 is 1.50 bits per heavy atom. The van der Waals surface area contributed by atoms with Crippen molar-refractivity contribution in [3.8, 4) is 22.3 Å². The molecule has 0 aliphatic heterocycles. The van der Waals surface area contributed by atoms with Gasteiger partial charge in [-0.25, -0.2) is 0 Å². The van der Waals surface area contributed by atoms with Crippen LogP contribution in [0.5, 0.6) is 0 Å². The van der Waals surface area contributed by atoms with Gasteiger partial charge in [0.25, 0.3) is 0 Å². The standard InChI is InChI=1S/C50H28S2/c1-2-10-31-26-49-45(23-30(31)9-1)46-27-41-38-14-6-5-13-37(38)40-22-32(16-19-39(40)42(41)28-50(46)52-49)33-17-20-47-43(24-33)44-25-34(18-21-48(44)51-47)36-15-7-11-29-8-3-4-12-35(29)36/h1-28H. The Hall–Kier alpha value is -6.06. The van der Waals surface area contributed by atoms with Crippen LogP contribution in [0.1, 0.15) is 0 Å². The van der Waals surface area contributed by atoms with Crippen LogP contribution in [0.15, 0.2) is 170 Å². The number of rotatable bonds is 2. The molecule has 2 heteroatoms. The molecule has 2 aromatic heterocycles. The van der Waals surface area contributed by atoms with E-state index in [1.54, 1.807) is 0 Å². The van der Waals surface area contributed by atoms with E-state index in [0.29, 0.717) is 0 Å². The van der Waals surface area contributed by atoms with Gasteiger partial charge in [0.15, 0.2) is 0 Å². The maximum absolute atomic E-state index is 2.45. The van der Waals surface area contributed by atoms with Crippen LogP contribution in [0.2, 0.25) is 0 Å². The molecule has 0 nitrogen and oxygen atoms in total. The minimum atomic E-state index is 1.25. The molecule has 10 aromatic carbocycles. The van der Waals surface area contributed by atoms with Crippen LogP contribution >= 0.6 is 22.7 Å². The van der Waals surface area contributed by atoms with Crippen LogP contribution in [-0.2, 0) is 0 Å². The second-order valence-corrected chi connectivity index (χ2v) is 16.2. The molecule has 0 spiro atoms. The van der Waals surface area contributed by atoms with Gasteiger partial charge in [0.2, 0.25) is 0 Å². The van der Waals surface area contributed by atoms with Crippen molar-refractivity contribution in [3.05, 3.63) is 170 Å². The van der Waals surface area contributed by atoms with Gasteiger partial charge in [-0.2, -0.15) is 0 Å². The molecule has 0 N–H and O–H groups in total. The SMILES string of the molecule is c1ccc2cc3c(cc2c1)sc1cc2c4ccc(-c5ccc6sc7ccc(-c8cccc9ccccc89)cc7c6c5)cc4c4ccccc4c2cc13. The Balaban J connectivity index is 1.05. The minimum absolute atomic E-state index is 1.25. The highest BCUT2D eigenvalue weighted by Gasteiger charge is 2.15.